The first-order valence-corrected chi connectivity index (χ1v) is 9.20. The molecule has 2 N–H and O–H groups in total. The third kappa shape index (κ3) is 4.63. The number of aliphatic hydroxyl groups excluding tert-OH is 1. The molecule has 7 heteroatoms. The first-order chi connectivity index (χ1) is 12.5. The number of anilines is 2. The lowest BCUT2D eigenvalue weighted by Crippen LogP contribution is -1.98. The van der Waals surface area contributed by atoms with Crippen LogP contribution in [0.4, 0.5) is 11.6 Å². The molecular formula is C19H22N4O2S. The van der Waals surface area contributed by atoms with Crippen molar-refractivity contribution in [2.45, 2.75) is 27.4 Å². The second-order valence-corrected chi connectivity index (χ2v) is 7.15. The van der Waals surface area contributed by atoms with E-state index in [9.17, 15) is 0 Å². The van der Waals surface area contributed by atoms with Gasteiger partial charge in [0, 0.05) is 11.9 Å². The molecule has 3 aromatic rings. The minimum Gasteiger partial charge on any atom is -0.394 e. The molecule has 2 heterocycles. The van der Waals surface area contributed by atoms with E-state index < -0.39 is 0 Å². The Morgan fingerprint density at radius 3 is 2.62 bits per heavy atom. The molecule has 3 rings (SSSR count). The topological polar surface area (TPSA) is 80.2 Å². The molecule has 0 atom stereocenters. The van der Waals surface area contributed by atoms with Gasteiger partial charge in [0.15, 0.2) is 0 Å². The summed E-state index contributed by atoms with van der Waals surface area (Å²) in [5, 5.41) is 12.9. The second-order valence-electron chi connectivity index (χ2n) is 6.07. The van der Waals surface area contributed by atoms with Gasteiger partial charge in [-0.15, -0.1) is 11.3 Å². The summed E-state index contributed by atoms with van der Waals surface area (Å²) < 4.78 is 5.40. The number of nitrogens with one attached hydrogen (secondary N) is 1. The minimum absolute atomic E-state index is 0.0179. The Bertz CT molecular complexity index is 875. The van der Waals surface area contributed by atoms with Crippen molar-refractivity contribution < 1.29 is 9.84 Å². The highest BCUT2D eigenvalue weighted by Crippen LogP contribution is 2.28. The van der Waals surface area contributed by atoms with Crippen molar-refractivity contribution in [1.29, 1.82) is 0 Å². The first kappa shape index (κ1) is 18.4. The summed E-state index contributed by atoms with van der Waals surface area (Å²) in [6.07, 6.45) is 1.73. The quantitative estimate of drug-likeness (QED) is 0.616. The first-order valence-electron chi connectivity index (χ1n) is 8.39. The Labute approximate surface area is 156 Å². The van der Waals surface area contributed by atoms with Crippen molar-refractivity contribution in [3.8, 4) is 10.7 Å². The fraction of sp³-hybridized carbons (Fsp3) is 0.316. The van der Waals surface area contributed by atoms with Crippen LogP contribution in [-0.4, -0.2) is 33.3 Å². The van der Waals surface area contributed by atoms with E-state index in [0.717, 1.165) is 27.0 Å². The predicted molar refractivity (Wildman–Crippen MR) is 104 cm³/mol. The molecule has 26 heavy (non-hydrogen) atoms. The SMILES string of the molecule is Cc1cc(C)cc(Nc2nccc(-c3nc(C)c(COCCO)s3)n2)c1. The Hall–Kier alpha value is -2.35. The average Bonchev–Trinajstić information content (AvgIpc) is 2.95. The van der Waals surface area contributed by atoms with Crippen molar-refractivity contribution >= 4 is 23.0 Å². The summed E-state index contributed by atoms with van der Waals surface area (Å²) in [4.78, 5) is 14.5. The van der Waals surface area contributed by atoms with Gasteiger partial charge in [0.25, 0.3) is 0 Å². The summed E-state index contributed by atoms with van der Waals surface area (Å²) in [7, 11) is 0. The second kappa shape index (κ2) is 8.35. The zero-order valence-electron chi connectivity index (χ0n) is 15.1. The van der Waals surface area contributed by atoms with Gasteiger partial charge in [-0.05, 0) is 50.1 Å². The summed E-state index contributed by atoms with van der Waals surface area (Å²) in [5.41, 5.74) is 5.03. The Balaban J connectivity index is 1.80. The van der Waals surface area contributed by atoms with Gasteiger partial charge in [0.1, 0.15) is 10.7 Å². The molecule has 1 aromatic carbocycles. The highest BCUT2D eigenvalue weighted by molar-refractivity contribution is 7.15. The Kier molecular flexibility index (Phi) is 5.92. The van der Waals surface area contributed by atoms with E-state index in [2.05, 4.69) is 52.3 Å². The molecule has 0 amide bonds. The third-order valence-corrected chi connectivity index (χ3v) is 4.87. The number of nitrogens with zero attached hydrogens (tertiary/aromatic N) is 3. The Morgan fingerprint density at radius 1 is 1.12 bits per heavy atom. The van der Waals surface area contributed by atoms with Crippen LogP contribution in [0.3, 0.4) is 0 Å². The van der Waals surface area contributed by atoms with Crippen LogP contribution in [0.15, 0.2) is 30.5 Å². The van der Waals surface area contributed by atoms with Crippen LogP contribution < -0.4 is 5.32 Å². The molecule has 0 spiro atoms. The maximum absolute atomic E-state index is 8.82. The van der Waals surface area contributed by atoms with E-state index >= 15 is 0 Å². The lowest BCUT2D eigenvalue weighted by Gasteiger charge is -2.07. The number of benzene rings is 1. The normalized spacial score (nSPS) is 10.9. The van der Waals surface area contributed by atoms with E-state index in [4.69, 9.17) is 9.84 Å². The van der Waals surface area contributed by atoms with Crippen molar-refractivity contribution in [3.63, 3.8) is 0 Å². The molecule has 2 aromatic heterocycles. The molecule has 0 aliphatic rings. The number of aryl methyl sites for hydroxylation is 3. The molecule has 0 aliphatic carbocycles. The monoisotopic (exact) mass is 370 g/mol. The van der Waals surface area contributed by atoms with Crippen LogP contribution in [0.25, 0.3) is 10.7 Å². The van der Waals surface area contributed by atoms with Crippen molar-refractivity contribution in [2.75, 3.05) is 18.5 Å². The lowest BCUT2D eigenvalue weighted by molar-refractivity contribution is 0.0827. The van der Waals surface area contributed by atoms with Crippen LogP contribution in [0, 0.1) is 20.8 Å². The van der Waals surface area contributed by atoms with Gasteiger partial charge >= 0.3 is 0 Å². The highest BCUT2D eigenvalue weighted by atomic mass is 32.1. The lowest BCUT2D eigenvalue weighted by atomic mass is 10.1. The zero-order chi connectivity index (χ0) is 18.5. The molecule has 0 aliphatic heterocycles. The maximum Gasteiger partial charge on any atom is 0.227 e. The molecule has 136 valence electrons. The van der Waals surface area contributed by atoms with E-state index in [1.54, 1.807) is 17.5 Å². The van der Waals surface area contributed by atoms with E-state index in [1.165, 1.54) is 11.1 Å². The van der Waals surface area contributed by atoms with Crippen molar-refractivity contribution in [3.05, 3.63) is 52.2 Å². The molecule has 0 saturated carbocycles. The minimum atomic E-state index is 0.0179. The fourth-order valence-electron chi connectivity index (χ4n) is 2.61. The summed E-state index contributed by atoms with van der Waals surface area (Å²) in [6.45, 7) is 6.87. The molecular weight excluding hydrogens is 348 g/mol. The highest BCUT2D eigenvalue weighted by Gasteiger charge is 2.12. The molecule has 6 nitrogen and oxygen atoms in total. The maximum atomic E-state index is 8.82. The van der Waals surface area contributed by atoms with Crippen LogP contribution in [0.5, 0.6) is 0 Å². The molecule has 0 bridgehead atoms. The van der Waals surface area contributed by atoms with E-state index in [1.807, 2.05) is 13.0 Å². The van der Waals surface area contributed by atoms with Gasteiger partial charge in [-0.2, -0.15) is 0 Å². The fourth-order valence-corrected chi connectivity index (χ4v) is 3.58. The number of rotatable bonds is 7. The van der Waals surface area contributed by atoms with Crippen LogP contribution in [0.1, 0.15) is 21.7 Å². The number of ether oxygens (including phenoxy) is 1. The number of aliphatic hydroxyl groups is 1. The summed E-state index contributed by atoms with van der Waals surface area (Å²) >= 11 is 1.55. The zero-order valence-corrected chi connectivity index (χ0v) is 15.9. The Morgan fingerprint density at radius 2 is 1.88 bits per heavy atom. The van der Waals surface area contributed by atoms with Crippen LogP contribution in [0.2, 0.25) is 0 Å². The number of aromatic nitrogens is 3. The van der Waals surface area contributed by atoms with Crippen LogP contribution in [-0.2, 0) is 11.3 Å². The van der Waals surface area contributed by atoms with Gasteiger partial charge in [0.05, 0.1) is 30.4 Å². The van der Waals surface area contributed by atoms with Gasteiger partial charge in [-0.25, -0.2) is 15.0 Å². The van der Waals surface area contributed by atoms with Crippen LogP contribution >= 0.6 is 11.3 Å². The van der Waals surface area contributed by atoms with E-state index in [0.29, 0.717) is 19.2 Å². The van der Waals surface area contributed by atoms with Gasteiger partial charge in [-0.3, -0.25) is 0 Å². The van der Waals surface area contributed by atoms with Gasteiger partial charge in [0.2, 0.25) is 5.95 Å². The smallest absolute Gasteiger partial charge is 0.227 e. The summed E-state index contributed by atoms with van der Waals surface area (Å²) in [6, 6.07) is 8.10. The standard InChI is InChI=1S/C19H22N4O2S/c1-12-8-13(2)10-15(9-12)22-19-20-5-4-16(23-19)18-21-14(3)17(26-18)11-25-7-6-24/h4-5,8-10,24H,6-7,11H2,1-3H3,(H,20,22,23). The number of hydrogen-bond donors (Lipinski definition) is 2. The predicted octanol–water partition coefficient (Wildman–Crippen LogP) is 3.78. The van der Waals surface area contributed by atoms with Crippen molar-refractivity contribution in [2.24, 2.45) is 0 Å². The molecule has 0 radical (unpaired) electrons. The summed E-state index contributed by atoms with van der Waals surface area (Å²) in [5.74, 6) is 0.540. The largest absolute Gasteiger partial charge is 0.394 e. The average molecular weight is 370 g/mol. The van der Waals surface area contributed by atoms with Gasteiger partial charge < -0.3 is 15.2 Å². The van der Waals surface area contributed by atoms with Crippen molar-refractivity contribution in [1.82, 2.24) is 15.0 Å². The molecule has 0 saturated heterocycles. The number of thiazole rings is 1. The van der Waals surface area contributed by atoms with Gasteiger partial charge in [-0.1, -0.05) is 6.07 Å². The third-order valence-electron chi connectivity index (χ3n) is 3.71. The molecule has 0 fully saturated rings. The molecule has 0 unspecified atom stereocenters. The van der Waals surface area contributed by atoms with E-state index in [-0.39, 0.29) is 6.61 Å². The number of hydrogen-bond acceptors (Lipinski definition) is 7.